The van der Waals surface area contributed by atoms with E-state index in [9.17, 15) is 9.59 Å². The van der Waals surface area contributed by atoms with E-state index in [0.29, 0.717) is 100 Å². The minimum Gasteiger partial charge on any atom is -0.496 e. The minimum atomic E-state index is -0.531. The predicted molar refractivity (Wildman–Crippen MR) is 176 cm³/mol. The van der Waals surface area contributed by atoms with Crippen LogP contribution >= 0.6 is 23.2 Å². The largest absolute Gasteiger partial charge is 0.496 e. The normalized spacial score (nSPS) is 15.0. The lowest BCUT2D eigenvalue weighted by atomic mass is 9.95. The van der Waals surface area contributed by atoms with Crippen LogP contribution in [0.15, 0.2) is 48.8 Å². The average molecular weight is 666 g/mol. The molecule has 2 aliphatic rings. The van der Waals surface area contributed by atoms with E-state index in [0.717, 1.165) is 0 Å². The van der Waals surface area contributed by atoms with Crippen LogP contribution in [0.25, 0.3) is 28.1 Å². The molecule has 2 aliphatic heterocycles. The Balaban J connectivity index is 1.51. The van der Waals surface area contributed by atoms with E-state index in [4.69, 9.17) is 48.2 Å². The number of anilines is 1. The van der Waals surface area contributed by atoms with E-state index in [-0.39, 0.29) is 24.1 Å². The van der Waals surface area contributed by atoms with Crippen LogP contribution in [0.1, 0.15) is 42.7 Å². The summed E-state index contributed by atoms with van der Waals surface area (Å²) < 4.78 is 19.4. The molecule has 1 fully saturated rings. The van der Waals surface area contributed by atoms with E-state index in [1.807, 2.05) is 26.0 Å². The fraction of sp³-hybridized carbons (Fsp3) is 0.333. The maximum absolute atomic E-state index is 14.2. The lowest BCUT2D eigenvalue weighted by Crippen LogP contribution is -2.55. The number of hydrogen-bond donors (Lipinski definition) is 2. The van der Waals surface area contributed by atoms with Gasteiger partial charge in [-0.05, 0) is 57.1 Å². The topological polar surface area (TPSA) is 134 Å². The summed E-state index contributed by atoms with van der Waals surface area (Å²) in [5.74, 6) is 0.718. The van der Waals surface area contributed by atoms with Crippen molar-refractivity contribution in [1.82, 2.24) is 19.7 Å². The second-order valence-corrected chi connectivity index (χ2v) is 12.6. The van der Waals surface area contributed by atoms with Gasteiger partial charge < -0.3 is 30.2 Å². The van der Waals surface area contributed by atoms with Gasteiger partial charge in [-0.2, -0.15) is 5.10 Å². The first kappa shape index (κ1) is 31.8. The fourth-order valence-corrected chi connectivity index (χ4v) is 6.31. The number of pyridine rings is 1. The van der Waals surface area contributed by atoms with E-state index in [2.05, 4.69) is 10.3 Å². The Bertz CT molecular complexity index is 1800. The third-order valence-electron chi connectivity index (χ3n) is 8.04. The number of amides is 2. The molecule has 0 unspecified atom stereocenters. The minimum absolute atomic E-state index is 0.108. The third kappa shape index (κ3) is 6.15. The lowest BCUT2D eigenvalue weighted by Gasteiger charge is -2.41. The van der Waals surface area contributed by atoms with E-state index in [1.165, 1.54) is 0 Å². The number of fused-ring (bicyclic) bond motifs is 3. The van der Waals surface area contributed by atoms with Crippen LogP contribution in [0.3, 0.4) is 0 Å². The maximum atomic E-state index is 14.2. The Morgan fingerprint density at radius 2 is 1.87 bits per heavy atom. The number of carbonyl (C=O) groups is 2. The molecule has 6 rings (SSSR count). The van der Waals surface area contributed by atoms with Crippen LogP contribution in [0.4, 0.5) is 5.69 Å². The zero-order valence-electron chi connectivity index (χ0n) is 25.7. The number of benzene rings is 2. The smallest absolute Gasteiger partial charge is 0.275 e. The fourth-order valence-electron chi connectivity index (χ4n) is 5.80. The standard InChI is InChI=1S/C33H34Cl2N6O5/c1-33(2)18-45-8-7-40(33)32(43)30-26-17-46-28-14-27(44-3)24(19-9-22(16-37-15-19)38-29(42)5-4-6-36)13-25(28)31(26)41(39-30)23-11-20(34)10-21(35)12-23/h9-16H,4-8,17-18,36H2,1-3H3,(H,38,42). The second kappa shape index (κ2) is 12.9. The van der Waals surface area contributed by atoms with Crippen LogP contribution in [-0.2, 0) is 16.1 Å². The molecule has 13 heteroatoms. The molecule has 11 nitrogen and oxygen atoms in total. The number of aromatic nitrogens is 3. The Kier molecular flexibility index (Phi) is 8.93. The summed E-state index contributed by atoms with van der Waals surface area (Å²) in [5.41, 5.74) is 9.80. The first-order chi connectivity index (χ1) is 22.1. The number of nitrogens with one attached hydrogen (secondary N) is 1. The molecular formula is C33H34Cl2N6O5. The Hall–Kier alpha value is -4.16. The monoisotopic (exact) mass is 664 g/mol. The summed E-state index contributed by atoms with van der Waals surface area (Å²) in [7, 11) is 1.57. The molecule has 0 saturated carbocycles. The van der Waals surface area contributed by atoms with Crippen molar-refractivity contribution in [3.05, 3.63) is 70.1 Å². The first-order valence-electron chi connectivity index (χ1n) is 14.9. The second-order valence-electron chi connectivity index (χ2n) is 11.8. The van der Waals surface area contributed by atoms with Crippen molar-refractivity contribution in [2.24, 2.45) is 5.73 Å². The van der Waals surface area contributed by atoms with Gasteiger partial charge in [-0.15, -0.1) is 0 Å². The van der Waals surface area contributed by atoms with Crippen LogP contribution in [0.2, 0.25) is 10.0 Å². The highest BCUT2D eigenvalue weighted by molar-refractivity contribution is 6.34. The number of ether oxygens (including phenoxy) is 3. The average Bonchev–Trinajstić information content (AvgIpc) is 3.42. The van der Waals surface area contributed by atoms with Crippen LogP contribution in [0.5, 0.6) is 11.5 Å². The summed E-state index contributed by atoms with van der Waals surface area (Å²) in [4.78, 5) is 32.7. The molecule has 0 aliphatic carbocycles. The quantitative estimate of drug-likeness (QED) is 0.244. The van der Waals surface area contributed by atoms with Crippen LogP contribution in [0, 0.1) is 0 Å². The number of halogens is 2. The molecule has 0 radical (unpaired) electrons. The van der Waals surface area contributed by atoms with Crippen molar-refractivity contribution in [2.75, 3.05) is 38.7 Å². The number of rotatable bonds is 8. The van der Waals surface area contributed by atoms with Gasteiger partial charge in [0, 0.05) is 57.5 Å². The van der Waals surface area contributed by atoms with Crippen molar-refractivity contribution in [3.8, 4) is 39.6 Å². The summed E-state index contributed by atoms with van der Waals surface area (Å²) in [6.45, 7) is 5.75. The first-order valence-corrected chi connectivity index (χ1v) is 15.6. The molecule has 2 aromatic heterocycles. The summed E-state index contributed by atoms with van der Waals surface area (Å²) >= 11 is 12.9. The number of methoxy groups -OCH3 is 1. The number of hydrogen-bond acceptors (Lipinski definition) is 8. The Labute approximate surface area is 276 Å². The number of carbonyl (C=O) groups excluding carboxylic acids is 2. The maximum Gasteiger partial charge on any atom is 0.275 e. The molecule has 1 saturated heterocycles. The number of nitrogens with two attached hydrogens (primary N) is 1. The molecule has 240 valence electrons. The van der Waals surface area contributed by atoms with Crippen LogP contribution in [-0.4, -0.2) is 70.4 Å². The van der Waals surface area contributed by atoms with Gasteiger partial charge in [-0.3, -0.25) is 14.6 Å². The van der Waals surface area contributed by atoms with Crippen molar-refractivity contribution < 1.29 is 23.8 Å². The van der Waals surface area contributed by atoms with Gasteiger partial charge in [0.1, 0.15) is 18.1 Å². The van der Waals surface area contributed by atoms with Gasteiger partial charge in [0.2, 0.25) is 5.91 Å². The van der Waals surface area contributed by atoms with Crippen LogP contribution < -0.4 is 20.5 Å². The van der Waals surface area contributed by atoms with E-state index in [1.54, 1.807) is 53.4 Å². The van der Waals surface area contributed by atoms with Crippen molar-refractivity contribution in [3.63, 3.8) is 0 Å². The molecule has 2 amide bonds. The molecule has 0 atom stereocenters. The zero-order chi connectivity index (χ0) is 32.6. The third-order valence-corrected chi connectivity index (χ3v) is 8.47. The zero-order valence-corrected chi connectivity index (χ0v) is 27.2. The van der Waals surface area contributed by atoms with E-state index >= 15 is 0 Å². The van der Waals surface area contributed by atoms with Gasteiger partial charge >= 0.3 is 0 Å². The van der Waals surface area contributed by atoms with Crippen molar-refractivity contribution in [1.29, 1.82) is 0 Å². The molecule has 4 heterocycles. The summed E-state index contributed by atoms with van der Waals surface area (Å²) in [6.07, 6.45) is 4.16. The highest BCUT2D eigenvalue weighted by Gasteiger charge is 2.39. The number of nitrogens with zero attached hydrogens (tertiary/aromatic N) is 4. The molecule has 4 aromatic rings. The van der Waals surface area contributed by atoms with Gasteiger partial charge in [-0.1, -0.05) is 23.2 Å². The Morgan fingerprint density at radius 1 is 1.09 bits per heavy atom. The molecule has 0 bridgehead atoms. The van der Waals surface area contributed by atoms with Gasteiger partial charge in [-0.25, -0.2) is 4.68 Å². The van der Waals surface area contributed by atoms with Gasteiger partial charge in [0.15, 0.2) is 5.69 Å². The van der Waals surface area contributed by atoms with Gasteiger partial charge in [0.25, 0.3) is 5.91 Å². The van der Waals surface area contributed by atoms with E-state index < -0.39 is 5.54 Å². The molecule has 0 spiro atoms. The van der Waals surface area contributed by atoms with Crippen molar-refractivity contribution >= 4 is 40.7 Å². The Morgan fingerprint density at radius 3 is 2.59 bits per heavy atom. The highest BCUT2D eigenvalue weighted by atomic mass is 35.5. The SMILES string of the molecule is COc1cc2c(cc1-c1cncc(NC(=O)CCCN)c1)-c1c(c(C(=O)N3CCOCC3(C)C)nn1-c1cc(Cl)cc(Cl)c1)CO2. The molecule has 3 N–H and O–H groups in total. The summed E-state index contributed by atoms with van der Waals surface area (Å²) in [6, 6.07) is 10.7. The van der Waals surface area contributed by atoms with Crippen molar-refractivity contribution in [2.45, 2.75) is 38.8 Å². The number of morpholine rings is 1. The highest BCUT2D eigenvalue weighted by Crippen LogP contribution is 2.46. The molecular weight excluding hydrogens is 631 g/mol. The predicted octanol–water partition coefficient (Wildman–Crippen LogP) is 5.74. The molecule has 46 heavy (non-hydrogen) atoms. The summed E-state index contributed by atoms with van der Waals surface area (Å²) in [5, 5.41) is 8.62. The lowest BCUT2D eigenvalue weighted by molar-refractivity contribution is -0.116. The van der Waals surface area contributed by atoms with Gasteiger partial charge in [0.05, 0.1) is 49.1 Å². The molecule has 2 aromatic carbocycles.